The standard InChI is InChI=1S/C20H18N6O3/c1-10-7-12(26-20(29)22-19(28)17(21)25-26)8-11(2)15(10)9-16-13-5-3-4-6-14(13)18(27)24-23-16/h3-8H,9H2,1-2H3,(H2,21,25)(H,24,27)(H,22,28,29). The molecule has 0 radical (unpaired) electrons. The fourth-order valence-electron chi connectivity index (χ4n) is 3.43. The lowest BCUT2D eigenvalue weighted by Crippen LogP contribution is -2.33. The highest BCUT2D eigenvalue weighted by atomic mass is 16.2. The second-order valence-electron chi connectivity index (χ2n) is 6.84. The van der Waals surface area contributed by atoms with Gasteiger partial charge in [-0.1, -0.05) is 18.2 Å². The number of hydrogen-bond donors (Lipinski definition) is 3. The van der Waals surface area contributed by atoms with Crippen LogP contribution in [0.1, 0.15) is 22.4 Å². The first-order valence-electron chi connectivity index (χ1n) is 8.91. The fraction of sp³-hybridized carbons (Fsp3) is 0.150. The lowest BCUT2D eigenvalue weighted by molar-refractivity contribution is 0.756. The van der Waals surface area contributed by atoms with Crippen LogP contribution >= 0.6 is 0 Å². The zero-order valence-corrected chi connectivity index (χ0v) is 15.8. The van der Waals surface area contributed by atoms with Crippen molar-refractivity contribution in [1.82, 2.24) is 25.0 Å². The highest BCUT2D eigenvalue weighted by molar-refractivity contribution is 5.83. The molecule has 9 nitrogen and oxygen atoms in total. The lowest BCUT2D eigenvalue weighted by Gasteiger charge is -2.14. The molecule has 146 valence electrons. The van der Waals surface area contributed by atoms with Crippen LogP contribution in [0.4, 0.5) is 5.82 Å². The number of nitrogens with one attached hydrogen (secondary N) is 2. The van der Waals surface area contributed by atoms with Gasteiger partial charge in [0, 0.05) is 11.8 Å². The molecule has 2 aromatic heterocycles. The minimum absolute atomic E-state index is 0.228. The smallest absolute Gasteiger partial charge is 0.349 e. The summed E-state index contributed by atoms with van der Waals surface area (Å²) in [6.45, 7) is 3.83. The number of nitrogens with two attached hydrogens (primary N) is 1. The first-order chi connectivity index (χ1) is 13.8. The average molecular weight is 390 g/mol. The van der Waals surface area contributed by atoms with Crippen molar-refractivity contribution >= 4 is 16.6 Å². The first kappa shape index (κ1) is 18.4. The van der Waals surface area contributed by atoms with Crippen molar-refractivity contribution in [2.75, 3.05) is 5.73 Å². The van der Waals surface area contributed by atoms with Crippen LogP contribution in [0.5, 0.6) is 0 Å². The Labute approximate surface area is 163 Å². The van der Waals surface area contributed by atoms with Crippen LogP contribution in [0.2, 0.25) is 0 Å². The van der Waals surface area contributed by atoms with Gasteiger partial charge in [-0.2, -0.15) is 9.78 Å². The number of hydrogen-bond acceptors (Lipinski definition) is 6. The number of benzene rings is 2. The molecule has 0 amide bonds. The summed E-state index contributed by atoms with van der Waals surface area (Å²) in [4.78, 5) is 37.7. The van der Waals surface area contributed by atoms with Gasteiger partial charge in [0.2, 0.25) is 5.82 Å². The monoisotopic (exact) mass is 390 g/mol. The molecule has 0 aliphatic rings. The van der Waals surface area contributed by atoms with Crippen LogP contribution in [0.3, 0.4) is 0 Å². The molecule has 4 N–H and O–H groups in total. The zero-order chi connectivity index (χ0) is 20.7. The van der Waals surface area contributed by atoms with Crippen molar-refractivity contribution in [3.63, 3.8) is 0 Å². The Hall–Kier alpha value is -4.01. The van der Waals surface area contributed by atoms with Gasteiger partial charge in [-0.3, -0.25) is 14.6 Å². The van der Waals surface area contributed by atoms with Crippen LogP contribution in [-0.2, 0) is 6.42 Å². The molecular weight excluding hydrogens is 372 g/mol. The van der Waals surface area contributed by atoms with E-state index in [1.165, 1.54) is 0 Å². The molecule has 0 spiro atoms. The molecule has 29 heavy (non-hydrogen) atoms. The second-order valence-corrected chi connectivity index (χ2v) is 6.84. The van der Waals surface area contributed by atoms with E-state index >= 15 is 0 Å². The van der Waals surface area contributed by atoms with E-state index in [1.54, 1.807) is 18.2 Å². The minimum atomic E-state index is -0.715. The lowest BCUT2D eigenvalue weighted by atomic mass is 9.96. The number of anilines is 1. The summed E-state index contributed by atoms with van der Waals surface area (Å²) in [5, 5.41) is 12.0. The third kappa shape index (κ3) is 3.22. The van der Waals surface area contributed by atoms with Crippen molar-refractivity contribution in [3.8, 4) is 5.69 Å². The third-order valence-corrected chi connectivity index (χ3v) is 4.90. The number of H-pyrrole nitrogens is 2. The van der Waals surface area contributed by atoms with Crippen LogP contribution in [0, 0.1) is 13.8 Å². The molecular formula is C20H18N6O3. The van der Waals surface area contributed by atoms with E-state index in [4.69, 9.17) is 5.73 Å². The molecule has 0 bridgehead atoms. The highest BCUT2D eigenvalue weighted by Gasteiger charge is 2.13. The van der Waals surface area contributed by atoms with Gasteiger partial charge >= 0.3 is 5.69 Å². The maximum atomic E-state index is 12.1. The van der Waals surface area contributed by atoms with E-state index < -0.39 is 11.2 Å². The van der Waals surface area contributed by atoms with Gasteiger partial charge in [0.25, 0.3) is 11.1 Å². The van der Waals surface area contributed by atoms with Gasteiger partial charge < -0.3 is 5.73 Å². The Morgan fingerprint density at radius 3 is 2.34 bits per heavy atom. The largest absolute Gasteiger partial charge is 0.378 e. The summed E-state index contributed by atoms with van der Waals surface area (Å²) in [5.41, 5.74) is 8.03. The zero-order valence-electron chi connectivity index (χ0n) is 15.8. The SMILES string of the molecule is Cc1cc(-n2nc(N)c(=O)[nH]c2=O)cc(C)c1Cc1n[nH]c(=O)c2ccccc12. The predicted octanol–water partition coefficient (Wildman–Crippen LogP) is 0.947. The second kappa shape index (κ2) is 6.86. The maximum absolute atomic E-state index is 12.1. The summed E-state index contributed by atoms with van der Waals surface area (Å²) in [7, 11) is 0. The van der Waals surface area contributed by atoms with Crippen LogP contribution in [-0.4, -0.2) is 25.0 Å². The summed E-state index contributed by atoms with van der Waals surface area (Å²) < 4.78 is 1.06. The average Bonchev–Trinajstić information content (AvgIpc) is 2.69. The molecule has 0 aliphatic heterocycles. The molecule has 0 saturated carbocycles. The number of aromatic amines is 2. The molecule has 2 aromatic carbocycles. The van der Waals surface area contributed by atoms with Crippen LogP contribution in [0.25, 0.3) is 16.5 Å². The summed E-state index contributed by atoms with van der Waals surface area (Å²) in [5.74, 6) is -0.284. The molecule has 0 atom stereocenters. The number of rotatable bonds is 3. The van der Waals surface area contributed by atoms with E-state index in [0.717, 1.165) is 32.5 Å². The van der Waals surface area contributed by atoms with Crippen molar-refractivity contribution in [3.05, 3.63) is 90.0 Å². The van der Waals surface area contributed by atoms with E-state index in [1.807, 2.05) is 32.0 Å². The number of nitrogen functional groups attached to an aromatic ring is 1. The molecule has 9 heteroatoms. The molecule has 0 aliphatic carbocycles. The molecule has 0 unspecified atom stereocenters. The summed E-state index contributed by atoms with van der Waals surface area (Å²) >= 11 is 0. The van der Waals surface area contributed by atoms with Gasteiger partial charge in [-0.25, -0.2) is 9.89 Å². The van der Waals surface area contributed by atoms with Gasteiger partial charge in [0.05, 0.1) is 16.8 Å². The quantitative estimate of drug-likeness (QED) is 0.476. The maximum Gasteiger partial charge on any atom is 0.349 e. The minimum Gasteiger partial charge on any atom is -0.378 e. The molecule has 2 heterocycles. The summed E-state index contributed by atoms with van der Waals surface area (Å²) in [6.07, 6.45) is 0.505. The number of aryl methyl sites for hydroxylation is 2. The van der Waals surface area contributed by atoms with Crippen molar-refractivity contribution in [1.29, 1.82) is 0 Å². The topological polar surface area (TPSA) is 140 Å². The fourth-order valence-corrected chi connectivity index (χ4v) is 3.43. The third-order valence-electron chi connectivity index (χ3n) is 4.90. The highest BCUT2D eigenvalue weighted by Crippen LogP contribution is 2.23. The Balaban J connectivity index is 1.81. The van der Waals surface area contributed by atoms with Gasteiger partial charge in [0.1, 0.15) is 0 Å². The predicted molar refractivity (Wildman–Crippen MR) is 110 cm³/mol. The van der Waals surface area contributed by atoms with E-state index in [9.17, 15) is 14.4 Å². The normalized spacial score (nSPS) is 11.1. The molecule has 0 saturated heterocycles. The van der Waals surface area contributed by atoms with Crippen molar-refractivity contribution < 1.29 is 0 Å². The van der Waals surface area contributed by atoms with Gasteiger partial charge in [-0.15, -0.1) is 5.10 Å². The van der Waals surface area contributed by atoms with Crippen molar-refractivity contribution in [2.45, 2.75) is 20.3 Å². The Morgan fingerprint density at radius 1 is 1.00 bits per heavy atom. The Bertz CT molecular complexity index is 1410. The van der Waals surface area contributed by atoms with Gasteiger partial charge in [-0.05, 0) is 48.7 Å². The number of aromatic nitrogens is 5. The Kier molecular flexibility index (Phi) is 4.34. The molecule has 4 aromatic rings. The number of fused-ring (bicyclic) bond motifs is 1. The van der Waals surface area contributed by atoms with E-state index in [0.29, 0.717) is 17.5 Å². The van der Waals surface area contributed by atoms with E-state index in [2.05, 4.69) is 20.3 Å². The molecule has 4 rings (SSSR count). The van der Waals surface area contributed by atoms with Crippen LogP contribution < -0.4 is 22.5 Å². The van der Waals surface area contributed by atoms with E-state index in [-0.39, 0.29) is 11.4 Å². The Morgan fingerprint density at radius 2 is 1.66 bits per heavy atom. The number of nitrogens with zero attached hydrogens (tertiary/aromatic N) is 3. The van der Waals surface area contributed by atoms with Crippen molar-refractivity contribution in [2.24, 2.45) is 0 Å². The van der Waals surface area contributed by atoms with Crippen LogP contribution in [0.15, 0.2) is 50.8 Å². The summed E-state index contributed by atoms with van der Waals surface area (Å²) in [6, 6.07) is 10.9. The molecule has 0 fully saturated rings. The first-order valence-corrected chi connectivity index (χ1v) is 8.91. The van der Waals surface area contributed by atoms with Gasteiger partial charge in [0.15, 0.2) is 0 Å².